The predicted molar refractivity (Wildman–Crippen MR) is 65.4 cm³/mol. The van der Waals surface area contributed by atoms with Crippen LogP contribution in [0.5, 0.6) is 17.2 Å². The van der Waals surface area contributed by atoms with Crippen LogP contribution in [0.3, 0.4) is 0 Å². The lowest BCUT2D eigenvalue weighted by atomic mass is 10.1. The first-order chi connectivity index (χ1) is 7.78. The van der Waals surface area contributed by atoms with Gasteiger partial charge in [-0.2, -0.15) is 0 Å². The van der Waals surface area contributed by atoms with E-state index in [1.165, 1.54) is 0 Å². The SMILES string of the molecule is C/C=C/c1c(OC)ccc(OC)c1OCC. The first-order valence-corrected chi connectivity index (χ1v) is 5.28. The topological polar surface area (TPSA) is 27.7 Å². The molecule has 0 N–H and O–H groups in total. The Morgan fingerprint density at radius 3 is 2.25 bits per heavy atom. The third-order valence-electron chi connectivity index (χ3n) is 2.18. The van der Waals surface area contributed by atoms with Crippen molar-refractivity contribution < 1.29 is 14.2 Å². The Bertz CT molecular complexity index is 370. The van der Waals surface area contributed by atoms with Gasteiger partial charge >= 0.3 is 0 Å². The molecule has 0 aliphatic heterocycles. The van der Waals surface area contributed by atoms with Crippen LogP contribution in [0.25, 0.3) is 6.08 Å². The summed E-state index contributed by atoms with van der Waals surface area (Å²) < 4.78 is 16.2. The van der Waals surface area contributed by atoms with Crippen molar-refractivity contribution in [3.05, 3.63) is 23.8 Å². The molecule has 0 spiro atoms. The number of hydrogen-bond donors (Lipinski definition) is 0. The summed E-state index contributed by atoms with van der Waals surface area (Å²) in [6.07, 6.45) is 3.89. The highest BCUT2D eigenvalue weighted by Crippen LogP contribution is 2.38. The Hall–Kier alpha value is -1.64. The summed E-state index contributed by atoms with van der Waals surface area (Å²) in [5.74, 6) is 2.22. The maximum atomic E-state index is 5.60. The molecule has 0 aromatic heterocycles. The Morgan fingerprint density at radius 2 is 1.75 bits per heavy atom. The fourth-order valence-electron chi connectivity index (χ4n) is 1.52. The molecule has 3 nitrogen and oxygen atoms in total. The average molecular weight is 222 g/mol. The minimum atomic E-state index is 0.591. The molecule has 16 heavy (non-hydrogen) atoms. The van der Waals surface area contributed by atoms with E-state index in [0.29, 0.717) is 6.61 Å². The first kappa shape index (κ1) is 12.4. The van der Waals surface area contributed by atoms with E-state index in [9.17, 15) is 0 Å². The van der Waals surface area contributed by atoms with Crippen molar-refractivity contribution in [1.29, 1.82) is 0 Å². The number of benzene rings is 1. The smallest absolute Gasteiger partial charge is 0.172 e. The van der Waals surface area contributed by atoms with Crippen LogP contribution in [0.4, 0.5) is 0 Å². The van der Waals surface area contributed by atoms with Crippen LogP contribution in [0.1, 0.15) is 19.4 Å². The molecule has 1 aromatic carbocycles. The zero-order valence-corrected chi connectivity index (χ0v) is 10.2. The second kappa shape index (κ2) is 6.05. The molecule has 0 bridgehead atoms. The summed E-state index contributed by atoms with van der Waals surface area (Å²) in [5.41, 5.74) is 0.909. The Balaban J connectivity index is 3.33. The van der Waals surface area contributed by atoms with E-state index in [1.807, 2.05) is 38.1 Å². The van der Waals surface area contributed by atoms with E-state index in [4.69, 9.17) is 14.2 Å². The van der Waals surface area contributed by atoms with Crippen LogP contribution in [-0.2, 0) is 0 Å². The molecule has 3 heteroatoms. The van der Waals surface area contributed by atoms with E-state index in [-0.39, 0.29) is 0 Å². The number of ether oxygens (including phenoxy) is 3. The standard InChI is InChI=1S/C13H18O3/c1-5-7-10-11(14-3)8-9-12(15-4)13(10)16-6-2/h5,7-9H,6H2,1-4H3/b7-5+. The fourth-order valence-corrected chi connectivity index (χ4v) is 1.52. The van der Waals surface area contributed by atoms with Gasteiger partial charge in [-0.15, -0.1) is 0 Å². The van der Waals surface area contributed by atoms with Gasteiger partial charge < -0.3 is 14.2 Å². The van der Waals surface area contributed by atoms with Gasteiger partial charge in [-0.3, -0.25) is 0 Å². The van der Waals surface area contributed by atoms with Crippen molar-refractivity contribution in [2.75, 3.05) is 20.8 Å². The van der Waals surface area contributed by atoms with Crippen LogP contribution in [0, 0.1) is 0 Å². The molecule has 88 valence electrons. The van der Waals surface area contributed by atoms with Gasteiger partial charge in [0.2, 0.25) is 0 Å². The third-order valence-corrected chi connectivity index (χ3v) is 2.18. The summed E-state index contributed by atoms with van der Waals surface area (Å²) in [4.78, 5) is 0. The summed E-state index contributed by atoms with van der Waals surface area (Å²) in [7, 11) is 3.27. The predicted octanol–water partition coefficient (Wildman–Crippen LogP) is 3.14. The first-order valence-electron chi connectivity index (χ1n) is 5.28. The molecule has 0 unspecified atom stereocenters. The van der Waals surface area contributed by atoms with E-state index < -0.39 is 0 Å². The number of allylic oxidation sites excluding steroid dienone is 1. The van der Waals surface area contributed by atoms with Gasteiger partial charge in [0.15, 0.2) is 11.5 Å². The normalized spacial score (nSPS) is 10.5. The van der Waals surface area contributed by atoms with E-state index in [0.717, 1.165) is 22.8 Å². The molecular formula is C13H18O3. The lowest BCUT2D eigenvalue weighted by Crippen LogP contribution is -1.99. The summed E-state index contributed by atoms with van der Waals surface area (Å²) in [5, 5.41) is 0. The molecule has 0 saturated heterocycles. The molecular weight excluding hydrogens is 204 g/mol. The largest absolute Gasteiger partial charge is 0.496 e. The van der Waals surface area contributed by atoms with Gasteiger partial charge in [0.05, 0.1) is 26.4 Å². The van der Waals surface area contributed by atoms with Crippen LogP contribution in [0.15, 0.2) is 18.2 Å². The van der Waals surface area contributed by atoms with Crippen molar-refractivity contribution in [2.45, 2.75) is 13.8 Å². The molecule has 0 heterocycles. The van der Waals surface area contributed by atoms with Crippen LogP contribution in [0.2, 0.25) is 0 Å². The Kier molecular flexibility index (Phi) is 4.70. The monoisotopic (exact) mass is 222 g/mol. The van der Waals surface area contributed by atoms with E-state index in [1.54, 1.807) is 14.2 Å². The Labute approximate surface area is 96.6 Å². The van der Waals surface area contributed by atoms with Gasteiger partial charge in [-0.1, -0.05) is 12.2 Å². The van der Waals surface area contributed by atoms with Crippen molar-refractivity contribution in [2.24, 2.45) is 0 Å². The molecule has 0 fully saturated rings. The average Bonchev–Trinajstić information content (AvgIpc) is 2.31. The van der Waals surface area contributed by atoms with Gasteiger partial charge in [0, 0.05) is 0 Å². The summed E-state index contributed by atoms with van der Waals surface area (Å²) >= 11 is 0. The van der Waals surface area contributed by atoms with Crippen molar-refractivity contribution >= 4 is 6.08 Å². The van der Waals surface area contributed by atoms with E-state index >= 15 is 0 Å². The number of hydrogen-bond acceptors (Lipinski definition) is 3. The number of methoxy groups -OCH3 is 2. The molecule has 1 aromatic rings. The zero-order valence-electron chi connectivity index (χ0n) is 10.2. The zero-order chi connectivity index (χ0) is 12.0. The van der Waals surface area contributed by atoms with Crippen molar-refractivity contribution in [1.82, 2.24) is 0 Å². The van der Waals surface area contributed by atoms with Gasteiger partial charge in [-0.05, 0) is 26.0 Å². The second-order valence-electron chi connectivity index (χ2n) is 3.15. The van der Waals surface area contributed by atoms with Crippen LogP contribution >= 0.6 is 0 Å². The molecule has 0 radical (unpaired) electrons. The minimum Gasteiger partial charge on any atom is -0.496 e. The highest BCUT2D eigenvalue weighted by molar-refractivity contribution is 5.68. The minimum absolute atomic E-state index is 0.591. The third kappa shape index (κ3) is 2.48. The second-order valence-corrected chi connectivity index (χ2v) is 3.15. The Morgan fingerprint density at radius 1 is 1.12 bits per heavy atom. The number of rotatable bonds is 5. The fraction of sp³-hybridized carbons (Fsp3) is 0.385. The molecule has 1 rings (SSSR count). The maximum absolute atomic E-state index is 5.60. The van der Waals surface area contributed by atoms with Gasteiger partial charge in [0.1, 0.15) is 5.75 Å². The van der Waals surface area contributed by atoms with Gasteiger partial charge in [-0.25, -0.2) is 0 Å². The molecule has 0 atom stereocenters. The maximum Gasteiger partial charge on any atom is 0.172 e. The van der Waals surface area contributed by atoms with Crippen LogP contribution in [-0.4, -0.2) is 20.8 Å². The van der Waals surface area contributed by atoms with Crippen LogP contribution < -0.4 is 14.2 Å². The van der Waals surface area contributed by atoms with Gasteiger partial charge in [0.25, 0.3) is 0 Å². The summed E-state index contributed by atoms with van der Waals surface area (Å²) in [6.45, 7) is 4.49. The summed E-state index contributed by atoms with van der Waals surface area (Å²) in [6, 6.07) is 3.72. The molecule has 0 aliphatic rings. The molecule has 0 saturated carbocycles. The highest BCUT2D eigenvalue weighted by Gasteiger charge is 2.13. The molecule has 0 aliphatic carbocycles. The lowest BCUT2D eigenvalue weighted by molar-refractivity contribution is 0.307. The lowest BCUT2D eigenvalue weighted by Gasteiger charge is -2.15. The van der Waals surface area contributed by atoms with Crippen molar-refractivity contribution in [3.63, 3.8) is 0 Å². The quantitative estimate of drug-likeness (QED) is 0.766. The highest BCUT2D eigenvalue weighted by atomic mass is 16.5. The van der Waals surface area contributed by atoms with E-state index in [2.05, 4.69) is 0 Å². The van der Waals surface area contributed by atoms with Crippen molar-refractivity contribution in [3.8, 4) is 17.2 Å². The molecule has 0 amide bonds.